The minimum absolute atomic E-state index is 0.0158. The fraction of sp³-hybridized carbons (Fsp3) is 0.0870. The molecule has 3 aromatic carbocycles. The van der Waals surface area contributed by atoms with Crippen molar-refractivity contribution in [2.24, 2.45) is 0 Å². The van der Waals surface area contributed by atoms with Gasteiger partial charge in [0, 0.05) is 6.07 Å². The third-order valence-corrected chi connectivity index (χ3v) is 6.67. The highest BCUT2D eigenvalue weighted by Gasteiger charge is 2.31. The molecule has 0 bridgehead atoms. The second-order valence-electron chi connectivity index (χ2n) is 7.07. The molecule has 0 aliphatic carbocycles. The molecule has 14 heteroatoms. The summed E-state index contributed by atoms with van der Waals surface area (Å²) < 4.78 is 117. The molecule has 1 amide bonds. The first kappa shape index (κ1) is 28.1. The van der Waals surface area contributed by atoms with Crippen LogP contribution in [-0.4, -0.2) is 21.9 Å². The van der Waals surface area contributed by atoms with Crippen molar-refractivity contribution in [3.63, 3.8) is 0 Å². The first-order valence-electron chi connectivity index (χ1n) is 9.88. The van der Waals surface area contributed by atoms with Gasteiger partial charge in [-0.1, -0.05) is 12.2 Å². The van der Waals surface area contributed by atoms with Crippen LogP contribution in [0.4, 0.5) is 37.7 Å². The SMILES string of the molecule is C/C=C\c1cc(S(=O)(=O)Oc2c(F)c(F)c(F)c(F)c2F)ccc1N(C=O)c1cc(F)c(Br)cc1OC. The van der Waals surface area contributed by atoms with Crippen molar-refractivity contribution in [2.45, 2.75) is 11.8 Å². The lowest BCUT2D eigenvalue weighted by Crippen LogP contribution is -2.18. The molecule has 3 rings (SSSR count). The minimum Gasteiger partial charge on any atom is -0.495 e. The Labute approximate surface area is 215 Å². The molecule has 0 spiro atoms. The first-order valence-corrected chi connectivity index (χ1v) is 12.1. The molecule has 0 atom stereocenters. The van der Waals surface area contributed by atoms with Crippen LogP contribution < -0.4 is 13.8 Å². The van der Waals surface area contributed by atoms with Gasteiger partial charge in [0.25, 0.3) is 0 Å². The minimum atomic E-state index is -5.15. The standard InChI is InChI=1S/C23H14BrF6NO5S/c1-3-4-11-7-12(37(33,34)36-23-21(29)19(27)18(26)20(28)22(23)30)5-6-15(11)31(10-32)16-9-14(25)13(24)8-17(16)35-2/h3-10H,1-2H3/b4-3-. The third-order valence-electron chi connectivity index (χ3n) is 4.84. The van der Waals surface area contributed by atoms with Crippen LogP contribution in [0.1, 0.15) is 12.5 Å². The van der Waals surface area contributed by atoms with Gasteiger partial charge >= 0.3 is 10.1 Å². The van der Waals surface area contributed by atoms with Gasteiger partial charge in [-0.25, -0.2) is 17.6 Å². The number of hydrogen-bond donors (Lipinski definition) is 0. The van der Waals surface area contributed by atoms with E-state index in [4.69, 9.17) is 4.74 Å². The molecule has 3 aromatic rings. The zero-order valence-corrected chi connectivity index (χ0v) is 21.1. The van der Waals surface area contributed by atoms with Gasteiger partial charge in [-0.15, -0.1) is 0 Å². The smallest absolute Gasteiger partial charge is 0.339 e. The van der Waals surface area contributed by atoms with Crippen LogP contribution in [0.15, 0.2) is 45.8 Å². The summed E-state index contributed by atoms with van der Waals surface area (Å²) in [5, 5.41) is 0. The number of amides is 1. The van der Waals surface area contributed by atoms with Gasteiger partial charge in [-0.05, 0) is 52.7 Å². The van der Waals surface area contributed by atoms with Crippen LogP contribution in [0.2, 0.25) is 0 Å². The van der Waals surface area contributed by atoms with Crippen molar-refractivity contribution in [3.05, 3.63) is 81.3 Å². The van der Waals surface area contributed by atoms with Gasteiger partial charge < -0.3 is 8.92 Å². The molecule has 0 radical (unpaired) electrons. The van der Waals surface area contributed by atoms with E-state index in [-0.39, 0.29) is 27.2 Å². The molecule has 0 heterocycles. The second-order valence-corrected chi connectivity index (χ2v) is 9.47. The van der Waals surface area contributed by atoms with Gasteiger partial charge in [0.05, 0.1) is 23.0 Å². The third kappa shape index (κ3) is 5.30. The molecular formula is C23H14BrF6NO5S. The Morgan fingerprint density at radius 3 is 2.03 bits per heavy atom. The van der Waals surface area contributed by atoms with Gasteiger partial charge in [0.2, 0.25) is 41.2 Å². The number of ether oxygens (including phenoxy) is 1. The summed E-state index contributed by atoms with van der Waals surface area (Å²) in [5.41, 5.74) is -0.0254. The van der Waals surface area contributed by atoms with Crippen molar-refractivity contribution in [3.8, 4) is 11.5 Å². The summed E-state index contributed by atoms with van der Waals surface area (Å²) in [5.74, 6) is -14.9. The Kier molecular flexibility index (Phi) is 8.22. The van der Waals surface area contributed by atoms with Crippen molar-refractivity contribution in [1.82, 2.24) is 0 Å². The van der Waals surface area contributed by atoms with E-state index in [1.54, 1.807) is 6.92 Å². The molecule has 0 unspecified atom stereocenters. The van der Waals surface area contributed by atoms with E-state index in [2.05, 4.69) is 20.1 Å². The fourth-order valence-corrected chi connectivity index (χ4v) is 4.44. The molecule has 0 aliphatic rings. The highest BCUT2D eigenvalue weighted by molar-refractivity contribution is 9.10. The Morgan fingerprint density at radius 2 is 1.49 bits per heavy atom. The number of rotatable bonds is 8. The van der Waals surface area contributed by atoms with Crippen LogP contribution >= 0.6 is 15.9 Å². The topological polar surface area (TPSA) is 72.9 Å². The largest absolute Gasteiger partial charge is 0.495 e. The normalized spacial score (nSPS) is 11.6. The number of carbonyl (C=O) groups is 1. The summed E-state index contributed by atoms with van der Waals surface area (Å²) in [6.45, 7) is 1.54. The van der Waals surface area contributed by atoms with Gasteiger partial charge in [0.1, 0.15) is 16.5 Å². The number of hydrogen-bond acceptors (Lipinski definition) is 5. The number of allylic oxidation sites excluding steroid dienone is 1. The van der Waals surface area contributed by atoms with Gasteiger partial charge in [-0.2, -0.15) is 17.2 Å². The molecule has 37 heavy (non-hydrogen) atoms. The number of nitrogens with zero attached hydrogens (tertiary/aromatic N) is 1. The summed E-state index contributed by atoms with van der Waals surface area (Å²) in [6.07, 6.45) is 3.08. The average molecular weight is 610 g/mol. The maximum absolute atomic E-state index is 14.2. The predicted molar refractivity (Wildman–Crippen MR) is 124 cm³/mol. The fourth-order valence-electron chi connectivity index (χ4n) is 3.15. The number of halogens is 7. The zero-order chi connectivity index (χ0) is 27.7. The number of benzene rings is 3. The van der Waals surface area contributed by atoms with E-state index in [1.807, 2.05) is 0 Å². The summed E-state index contributed by atoms with van der Waals surface area (Å²) in [7, 11) is -3.88. The highest BCUT2D eigenvalue weighted by atomic mass is 79.9. The Balaban J connectivity index is 2.14. The maximum Gasteiger partial charge on any atom is 0.339 e. The first-order chi connectivity index (χ1) is 17.4. The van der Waals surface area contributed by atoms with E-state index in [1.165, 1.54) is 25.3 Å². The van der Waals surface area contributed by atoms with Crippen LogP contribution in [0.3, 0.4) is 0 Å². The van der Waals surface area contributed by atoms with Crippen LogP contribution in [0.25, 0.3) is 6.08 Å². The van der Waals surface area contributed by atoms with E-state index >= 15 is 0 Å². The summed E-state index contributed by atoms with van der Waals surface area (Å²) in [4.78, 5) is 12.2. The predicted octanol–water partition coefficient (Wildman–Crippen LogP) is 6.39. The molecule has 0 aromatic heterocycles. The molecule has 6 nitrogen and oxygen atoms in total. The lowest BCUT2D eigenvalue weighted by Gasteiger charge is -2.23. The highest BCUT2D eigenvalue weighted by Crippen LogP contribution is 2.39. The van der Waals surface area contributed by atoms with Crippen LogP contribution in [0.5, 0.6) is 11.5 Å². The number of methoxy groups -OCH3 is 1. The van der Waals surface area contributed by atoms with Crippen LogP contribution in [-0.2, 0) is 14.9 Å². The van der Waals surface area contributed by atoms with E-state index in [9.17, 15) is 39.6 Å². The molecule has 196 valence electrons. The van der Waals surface area contributed by atoms with Crippen molar-refractivity contribution < 1.29 is 48.5 Å². The van der Waals surface area contributed by atoms with E-state index in [0.717, 1.165) is 29.2 Å². The van der Waals surface area contributed by atoms with Gasteiger partial charge in [0.15, 0.2) is 0 Å². The second kappa shape index (κ2) is 10.8. The maximum atomic E-state index is 14.2. The van der Waals surface area contributed by atoms with Crippen LogP contribution in [0, 0.1) is 34.9 Å². The van der Waals surface area contributed by atoms with Crippen molar-refractivity contribution in [2.75, 3.05) is 12.0 Å². The van der Waals surface area contributed by atoms with Gasteiger partial charge in [-0.3, -0.25) is 9.69 Å². The lowest BCUT2D eigenvalue weighted by molar-refractivity contribution is -0.106. The number of carbonyl (C=O) groups excluding carboxylic acids is 1. The average Bonchev–Trinajstić information content (AvgIpc) is 2.87. The molecule has 0 aliphatic heterocycles. The summed E-state index contributed by atoms with van der Waals surface area (Å²) in [6, 6.07) is 5.08. The quantitative estimate of drug-likeness (QED) is 0.0973. The molecule has 0 N–H and O–H groups in total. The van der Waals surface area contributed by atoms with E-state index in [0.29, 0.717) is 6.41 Å². The molecular weight excluding hydrogens is 596 g/mol. The monoisotopic (exact) mass is 609 g/mol. The molecule has 0 fully saturated rings. The molecule has 0 saturated heterocycles. The Hall–Kier alpha value is -3.52. The van der Waals surface area contributed by atoms with Crippen molar-refractivity contribution in [1.29, 1.82) is 0 Å². The number of anilines is 2. The molecule has 0 saturated carbocycles. The van der Waals surface area contributed by atoms with E-state index < -0.39 is 55.7 Å². The van der Waals surface area contributed by atoms with Crippen molar-refractivity contribution >= 4 is 49.9 Å². The Bertz CT molecular complexity index is 1500. The Morgan fingerprint density at radius 1 is 0.892 bits per heavy atom. The zero-order valence-electron chi connectivity index (χ0n) is 18.7. The summed E-state index contributed by atoms with van der Waals surface area (Å²) >= 11 is 2.99. The lowest BCUT2D eigenvalue weighted by atomic mass is 10.1.